The molecule has 0 saturated heterocycles. The molecule has 0 bridgehead atoms. The second-order valence-corrected chi connectivity index (χ2v) is 4.41. The van der Waals surface area contributed by atoms with Crippen molar-refractivity contribution < 1.29 is 4.74 Å². The predicted molar refractivity (Wildman–Crippen MR) is 77.9 cm³/mol. The van der Waals surface area contributed by atoms with Crippen LogP contribution < -0.4 is 4.74 Å². The van der Waals surface area contributed by atoms with E-state index < -0.39 is 0 Å². The van der Waals surface area contributed by atoms with E-state index >= 15 is 0 Å². The number of hydrogen-bond donors (Lipinski definition) is 1. The number of nitrogens with zero attached hydrogens (tertiary/aromatic N) is 3. The fourth-order valence-corrected chi connectivity index (χ4v) is 2.02. The van der Waals surface area contributed by atoms with E-state index in [1.165, 1.54) is 0 Å². The number of aromatic nitrogens is 4. The lowest BCUT2D eigenvalue weighted by atomic mass is 10.2. The Bertz CT molecular complexity index is 782. The number of aromatic amines is 1. The average molecular weight is 287 g/mol. The second kappa shape index (κ2) is 5.30. The van der Waals surface area contributed by atoms with Gasteiger partial charge in [0.15, 0.2) is 5.65 Å². The van der Waals surface area contributed by atoms with E-state index in [1.807, 2.05) is 43.3 Å². The second-order valence-electron chi connectivity index (χ2n) is 4.07. The summed E-state index contributed by atoms with van der Waals surface area (Å²) < 4.78 is 5.87. The van der Waals surface area contributed by atoms with E-state index in [0.29, 0.717) is 22.7 Å². The maximum Gasteiger partial charge on any atom is 0.234 e. The van der Waals surface area contributed by atoms with Crippen molar-refractivity contribution >= 4 is 28.7 Å². The molecule has 5 nitrogen and oxygen atoms in total. The Balaban J connectivity index is 2.07. The highest BCUT2D eigenvalue weighted by atomic mass is 35.5. The first-order chi connectivity index (χ1) is 9.78. The molecule has 0 aliphatic carbocycles. The smallest absolute Gasteiger partial charge is 0.234 e. The lowest BCUT2D eigenvalue weighted by molar-refractivity contribution is 0.467. The van der Waals surface area contributed by atoms with Crippen LogP contribution >= 0.6 is 11.6 Å². The quantitative estimate of drug-likeness (QED) is 0.743. The third-order valence-electron chi connectivity index (χ3n) is 2.72. The van der Waals surface area contributed by atoms with Gasteiger partial charge in [0.25, 0.3) is 0 Å². The van der Waals surface area contributed by atoms with Crippen molar-refractivity contribution in [3.63, 3.8) is 0 Å². The van der Waals surface area contributed by atoms with Crippen molar-refractivity contribution in [2.75, 3.05) is 0 Å². The van der Waals surface area contributed by atoms with Gasteiger partial charge in [0.2, 0.25) is 11.2 Å². The summed E-state index contributed by atoms with van der Waals surface area (Å²) in [5.74, 6) is 1.08. The minimum Gasteiger partial charge on any atom is -0.437 e. The van der Waals surface area contributed by atoms with Gasteiger partial charge in [-0.1, -0.05) is 30.4 Å². The maximum absolute atomic E-state index is 5.88. The zero-order chi connectivity index (χ0) is 13.9. The van der Waals surface area contributed by atoms with E-state index in [9.17, 15) is 0 Å². The molecule has 1 aromatic carbocycles. The summed E-state index contributed by atoms with van der Waals surface area (Å²) in [6.07, 6.45) is 5.52. The number of halogens is 1. The first-order valence-electron chi connectivity index (χ1n) is 6.04. The standard InChI is InChI=1S/C14H11ClN4O/c1-2-5-9-6-3-4-7-11(9)20-13-10-8-16-19-12(10)17-14(15)18-13/h2-8H,1H3,(H,16,17,18,19)/b5-2+. The molecule has 0 aliphatic heterocycles. The fourth-order valence-electron chi connectivity index (χ4n) is 1.86. The third kappa shape index (κ3) is 2.35. The number of allylic oxidation sites excluding steroid dienone is 1. The molecule has 3 rings (SSSR count). The molecule has 0 atom stereocenters. The summed E-state index contributed by atoms with van der Waals surface area (Å²) >= 11 is 5.88. The molecule has 0 fully saturated rings. The Kier molecular flexibility index (Phi) is 3.35. The Morgan fingerprint density at radius 2 is 2.10 bits per heavy atom. The van der Waals surface area contributed by atoms with Crippen LogP contribution in [0.5, 0.6) is 11.6 Å². The zero-order valence-corrected chi connectivity index (χ0v) is 11.4. The summed E-state index contributed by atoms with van der Waals surface area (Å²) in [4.78, 5) is 8.16. The molecular weight excluding hydrogens is 276 g/mol. The Labute approximate surface area is 120 Å². The van der Waals surface area contributed by atoms with Crippen LogP contribution in [0, 0.1) is 0 Å². The highest BCUT2D eigenvalue weighted by Crippen LogP contribution is 2.30. The van der Waals surface area contributed by atoms with Gasteiger partial charge >= 0.3 is 0 Å². The van der Waals surface area contributed by atoms with Crippen molar-refractivity contribution in [3.8, 4) is 11.6 Å². The van der Waals surface area contributed by atoms with Crippen LogP contribution in [0.15, 0.2) is 36.5 Å². The largest absolute Gasteiger partial charge is 0.437 e. The first-order valence-corrected chi connectivity index (χ1v) is 6.42. The van der Waals surface area contributed by atoms with Crippen LogP contribution in [-0.4, -0.2) is 20.2 Å². The van der Waals surface area contributed by atoms with Gasteiger partial charge < -0.3 is 4.74 Å². The Hall–Kier alpha value is -2.40. The highest BCUT2D eigenvalue weighted by molar-refractivity contribution is 6.28. The molecule has 0 amide bonds. The lowest BCUT2D eigenvalue weighted by Gasteiger charge is -2.08. The third-order valence-corrected chi connectivity index (χ3v) is 2.89. The van der Waals surface area contributed by atoms with Crippen molar-refractivity contribution in [1.82, 2.24) is 20.2 Å². The average Bonchev–Trinajstić information content (AvgIpc) is 2.89. The molecule has 0 saturated carbocycles. The van der Waals surface area contributed by atoms with E-state index in [1.54, 1.807) is 6.20 Å². The normalized spacial score (nSPS) is 11.3. The van der Waals surface area contributed by atoms with Gasteiger partial charge in [-0.05, 0) is 24.6 Å². The minimum absolute atomic E-state index is 0.111. The molecule has 2 aromatic heterocycles. The van der Waals surface area contributed by atoms with Crippen LogP contribution in [0.4, 0.5) is 0 Å². The van der Waals surface area contributed by atoms with Crippen LogP contribution in [0.25, 0.3) is 17.1 Å². The van der Waals surface area contributed by atoms with Gasteiger partial charge in [0.05, 0.1) is 6.20 Å². The highest BCUT2D eigenvalue weighted by Gasteiger charge is 2.11. The molecule has 1 N–H and O–H groups in total. The molecule has 2 heterocycles. The number of fused-ring (bicyclic) bond motifs is 1. The van der Waals surface area contributed by atoms with Crippen LogP contribution in [0.2, 0.25) is 5.28 Å². The van der Waals surface area contributed by atoms with Crippen LogP contribution in [0.1, 0.15) is 12.5 Å². The van der Waals surface area contributed by atoms with Gasteiger partial charge in [-0.15, -0.1) is 0 Å². The molecule has 100 valence electrons. The summed E-state index contributed by atoms with van der Waals surface area (Å²) in [5.41, 5.74) is 1.50. The van der Waals surface area contributed by atoms with E-state index in [4.69, 9.17) is 16.3 Å². The van der Waals surface area contributed by atoms with Gasteiger partial charge in [-0.25, -0.2) is 0 Å². The van der Waals surface area contributed by atoms with Crippen molar-refractivity contribution in [1.29, 1.82) is 0 Å². The summed E-state index contributed by atoms with van der Waals surface area (Å²) in [6, 6.07) is 7.68. The number of H-pyrrole nitrogens is 1. The van der Waals surface area contributed by atoms with Gasteiger partial charge in [-0.2, -0.15) is 15.1 Å². The SMILES string of the molecule is C/C=C/c1ccccc1Oc1nc(Cl)nc2[nH]ncc12. The minimum atomic E-state index is 0.111. The van der Waals surface area contributed by atoms with Crippen molar-refractivity contribution in [3.05, 3.63) is 47.4 Å². The lowest BCUT2D eigenvalue weighted by Crippen LogP contribution is -1.93. The molecule has 0 unspecified atom stereocenters. The number of benzene rings is 1. The maximum atomic E-state index is 5.88. The number of hydrogen-bond acceptors (Lipinski definition) is 4. The number of rotatable bonds is 3. The number of para-hydroxylation sites is 1. The number of ether oxygens (including phenoxy) is 1. The van der Waals surface area contributed by atoms with E-state index in [2.05, 4.69) is 20.2 Å². The topological polar surface area (TPSA) is 63.7 Å². The van der Waals surface area contributed by atoms with Crippen molar-refractivity contribution in [2.24, 2.45) is 0 Å². The van der Waals surface area contributed by atoms with Crippen LogP contribution in [0.3, 0.4) is 0 Å². The van der Waals surface area contributed by atoms with Crippen molar-refractivity contribution in [2.45, 2.75) is 6.92 Å². The predicted octanol–water partition coefficient (Wildman–Crippen LogP) is 3.83. The Morgan fingerprint density at radius 1 is 1.25 bits per heavy atom. The van der Waals surface area contributed by atoms with Crippen LogP contribution in [-0.2, 0) is 0 Å². The van der Waals surface area contributed by atoms with Gasteiger partial charge in [0.1, 0.15) is 11.1 Å². The molecule has 0 aliphatic rings. The fraction of sp³-hybridized carbons (Fsp3) is 0.0714. The first kappa shape index (κ1) is 12.6. The molecule has 0 radical (unpaired) electrons. The molecule has 3 aromatic rings. The van der Waals surface area contributed by atoms with E-state index in [-0.39, 0.29) is 5.28 Å². The molecular formula is C14H11ClN4O. The molecule has 6 heteroatoms. The summed E-state index contributed by atoms with van der Waals surface area (Å²) in [5, 5.41) is 7.47. The van der Waals surface area contributed by atoms with E-state index in [0.717, 1.165) is 5.56 Å². The van der Waals surface area contributed by atoms with Gasteiger partial charge in [-0.3, -0.25) is 5.10 Å². The Morgan fingerprint density at radius 3 is 2.95 bits per heavy atom. The monoisotopic (exact) mass is 286 g/mol. The molecule has 20 heavy (non-hydrogen) atoms. The zero-order valence-electron chi connectivity index (χ0n) is 10.7. The van der Waals surface area contributed by atoms with Gasteiger partial charge in [0, 0.05) is 5.56 Å². The molecule has 0 spiro atoms. The summed E-state index contributed by atoms with van der Waals surface area (Å²) in [6.45, 7) is 1.95. The summed E-state index contributed by atoms with van der Waals surface area (Å²) in [7, 11) is 0. The number of nitrogens with one attached hydrogen (secondary N) is 1.